The van der Waals surface area contributed by atoms with Gasteiger partial charge >= 0.3 is 0 Å². The van der Waals surface area contributed by atoms with Crippen LogP contribution in [0.5, 0.6) is 0 Å². The molecule has 0 atom stereocenters. The van der Waals surface area contributed by atoms with Gasteiger partial charge < -0.3 is 11.1 Å². The van der Waals surface area contributed by atoms with Crippen LogP contribution in [0.3, 0.4) is 0 Å². The van der Waals surface area contributed by atoms with E-state index in [9.17, 15) is 8.42 Å². The van der Waals surface area contributed by atoms with Gasteiger partial charge in [0.05, 0.1) is 0 Å². The van der Waals surface area contributed by atoms with Gasteiger partial charge in [0.1, 0.15) is 5.82 Å². The first-order valence-corrected chi connectivity index (χ1v) is 7.94. The van der Waals surface area contributed by atoms with E-state index in [2.05, 4.69) is 20.6 Å². The van der Waals surface area contributed by atoms with Crippen molar-refractivity contribution in [2.75, 3.05) is 23.9 Å². The Balaban J connectivity index is 2.59. The molecule has 2 aromatic rings. The highest BCUT2D eigenvalue weighted by Gasteiger charge is 2.25. The van der Waals surface area contributed by atoms with Crippen molar-refractivity contribution in [1.29, 1.82) is 0 Å². The van der Waals surface area contributed by atoms with Crippen molar-refractivity contribution >= 4 is 21.5 Å². The maximum absolute atomic E-state index is 11.9. The highest BCUT2D eigenvalue weighted by Crippen LogP contribution is 2.28. The summed E-state index contributed by atoms with van der Waals surface area (Å²) in [6, 6.07) is 3.31. The summed E-state index contributed by atoms with van der Waals surface area (Å²) >= 11 is 0. The van der Waals surface area contributed by atoms with Crippen LogP contribution in [0.1, 0.15) is 13.3 Å². The zero-order valence-electron chi connectivity index (χ0n) is 11.2. The second-order valence-electron chi connectivity index (χ2n) is 4.26. The van der Waals surface area contributed by atoms with Crippen molar-refractivity contribution < 1.29 is 8.42 Å². The summed E-state index contributed by atoms with van der Waals surface area (Å²) in [6.45, 7) is 2.57. The molecular weight excluding hydrogens is 280 g/mol. The molecule has 108 valence electrons. The number of nitrogens with zero attached hydrogens (tertiary/aromatic N) is 4. The van der Waals surface area contributed by atoms with E-state index in [-0.39, 0.29) is 16.5 Å². The van der Waals surface area contributed by atoms with E-state index in [1.165, 1.54) is 10.9 Å². The van der Waals surface area contributed by atoms with Gasteiger partial charge in [0.15, 0.2) is 26.4 Å². The first-order valence-electron chi connectivity index (χ1n) is 6.05. The van der Waals surface area contributed by atoms with Gasteiger partial charge in [0.25, 0.3) is 0 Å². The molecule has 8 nitrogen and oxygen atoms in total. The van der Waals surface area contributed by atoms with Crippen LogP contribution in [0.15, 0.2) is 23.2 Å². The predicted octanol–water partition coefficient (Wildman–Crippen LogP) is 0.470. The van der Waals surface area contributed by atoms with E-state index in [0.29, 0.717) is 12.4 Å². The topological polar surface area (TPSA) is 116 Å². The molecule has 0 saturated carbocycles. The molecule has 20 heavy (non-hydrogen) atoms. The fourth-order valence-corrected chi connectivity index (χ4v) is 2.65. The van der Waals surface area contributed by atoms with Crippen LogP contribution < -0.4 is 11.1 Å². The molecule has 0 amide bonds. The van der Waals surface area contributed by atoms with Crippen LogP contribution >= 0.6 is 0 Å². The third-order valence-electron chi connectivity index (χ3n) is 2.56. The Morgan fingerprint density at radius 2 is 2.20 bits per heavy atom. The highest BCUT2D eigenvalue weighted by atomic mass is 32.2. The monoisotopic (exact) mass is 296 g/mol. The Morgan fingerprint density at radius 3 is 2.75 bits per heavy atom. The van der Waals surface area contributed by atoms with Gasteiger partial charge in [-0.15, -0.1) is 10.2 Å². The number of sulfone groups is 1. The average Bonchev–Trinajstić information content (AvgIpc) is 2.74. The lowest BCUT2D eigenvalue weighted by Gasteiger charge is -2.02. The van der Waals surface area contributed by atoms with Crippen molar-refractivity contribution in [1.82, 2.24) is 20.0 Å². The van der Waals surface area contributed by atoms with Crippen molar-refractivity contribution in [2.24, 2.45) is 0 Å². The van der Waals surface area contributed by atoms with Gasteiger partial charge in [0, 0.05) is 19.0 Å². The standard InChI is InChI=1S/C11H16N6O2S/c1-3-6-13-11-9(20(2,18)19)10(12)17(16-11)8-5-4-7-14-15-8/h4-5,7H,3,6,12H2,1-2H3,(H,13,16). The Hall–Kier alpha value is -2.16. The second-order valence-corrected chi connectivity index (χ2v) is 6.21. The van der Waals surface area contributed by atoms with Crippen molar-refractivity contribution in [3.63, 3.8) is 0 Å². The summed E-state index contributed by atoms with van der Waals surface area (Å²) in [5.74, 6) is 0.614. The molecule has 0 aliphatic rings. The number of nitrogen functional groups attached to an aromatic ring is 1. The Morgan fingerprint density at radius 1 is 1.45 bits per heavy atom. The Kier molecular flexibility index (Phi) is 3.89. The molecule has 0 unspecified atom stereocenters. The molecule has 9 heteroatoms. The van der Waals surface area contributed by atoms with E-state index in [4.69, 9.17) is 5.73 Å². The van der Waals surface area contributed by atoms with Gasteiger partial charge in [-0.1, -0.05) is 6.92 Å². The maximum atomic E-state index is 11.9. The normalized spacial score (nSPS) is 11.5. The van der Waals surface area contributed by atoms with E-state index in [1.807, 2.05) is 6.92 Å². The number of nitrogens with one attached hydrogen (secondary N) is 1. The summed E-state index contributed by atoms with van der Waals surface area (Å²) in [4.78, 5) is -0.0170. The van der Waals surface area contributed by atoms with Crippen molar-refractivity contribution in [3.05, 3.63) is 18.3 Å². The maximum Gasteiger partial charge on any atom is 0.182 e. The van der Waals surface area contributed by atoms with Crippen LogP contribution in [0, 0.1) is 0 Å². The largest absolute Gasteiger partial charge is 0.382 e. The molecule has 0 aromatic carbocycles. The molecule has 0 aliphatic carbocycles. The SMILES string of the molecule is CCCNc1nn(-c2cccnn2)c(N)c1S(C)(=O)=O. The van der Waals surface area contributed by atoms with Crippen LogP contribution in [-0.4, -0.2) is 41.2 Å². The molecule has 0 radical (unpaired) electrons. The lowest BCUT2D eigenvalue weighted by molar-refractivity contribution is 0.602. The van der Waals surface area contributed by atoms with Crippen molar-refractivity contribution in [3.8, 4) is 5.82 Å². The number of anilines is 2. The quantitative estimate of drug-likeness (QED) is 0.823. The molecule has 0 fully saturated rings. The van der Waals surface area contributed by atoms with E-state index in [1.54, 1.807) is 12.1 Å². The lowest BCUT2D eigenvalue weighted by Crippen LogP contribution is -2.07. The molecule has 2 heterocycles. The lowest BCUT2D eigenvalue weighted by atomic mass is 10.4. The third kappa shape index (κ3) is 2.72. The zero-order valence-corrected chi connectivity index (χ0v) is 12.1. The minimum Gasteiger partial charge on any atom is -0.382 e. The summed E-state index contributed by atoms with van der Waals surface area (Å²) in [7, 11) is -3.50. The smallest absolute Gasteiger partial charge is 0.182 e. The van der Waals surface area contributed by atoms with Crippen LogP contribution in [0.25, 0.3) is 5.82 Å². The number of hydrogen-bond donors (Lipinski definition) is 2. The van der Waals surface area contributed by atoms with Gasteiger partial charge in [-0.3, -0.25) is 0 Å². The second kappa shape index (κ2) is 5.45. The van der Waals surface area contributed by atoms with Gasteiger partial charge in [-0.2, -0.15) is 9.78 Å². The first-order chi connectivity index (χ1) is 9.45. The molecule has 0 spiro atoms. The van der Waals surface area contributed by atoms with E-state index in [0.717, 1.165) is 12.7 Å². The number of hydrogen-bond acceptors (Lipinski definition) is 7. The third-order valence-corrected chi connectivity index (χ3v) is 3.71. The van der Waals surface area contributed by atoms with Crippen LogP contribution in [-0.2, 0) is 9.84 Å². The average molecular weight is 296 g/mol. The molecule has 0 saturated heterocycles. The number of nitrogens with two attached hydrogens (primary N) is 1. The van der Waals surface area contributed by atoms with Crippen LogP contribution in [0.2, 0.25) is 0 Å². The molecule has 3 N–H and O–H groups in total. The van der Waals surface area contributed by atoms with E-state index < -0.39 is 9.84 Å². The van der Waals surface area contributed by atoms with Gasteiger partial charge in [-0.25, -0.2) is 8.42 Å². The van der Waals surface area contributed by atoms with Gasteiger partial charge in [-0.05, 0) is 18.6 Å². The highest BCUT2D eigenvalue weighted by molar-refractivity contribution is 7.91. The van der Waals surface area contributed by atoms with Crippen LogP contribution in [0.4, 0.5) is 11.6 Å². The van der Waals surface area contributed by atoms with Crippen molar-refractivity contribution in [2.45, 2.75) is 18.2 Å². The number of aromatic nitrogens is 4. The van der Waals surface area contributed by atoms with Gasteiger partial charge in [0.2, 0.25) is 0 Å². The molecule has 2 rings (SSSR count). The first kappa shape index (κ1) is 14.3. The fraction of sp³-hybridized carbons (Fsp3) is 0.364. The van der Waals surface area contributed by atoms with E-state index >= 15 is 0 Å². The summed E-state index contributed by atoms with van der Waals surface area (Å²) in [5, 5.41) is 14.7. The predicted molar refractivity (Wildman–Crippen MR) is 75.5 cm³/mol. The summed E-state index contributed by atoms with van der Waals surface area (Å²) < 4.78 is 25.0. The minimum atomic E-state index is -3.50. The minimum absolute atomic E-state index is 0.0170. The number of rotatable bonds is 5. The molecule has 2 aromatic heterocycles. The molecule has 0 bridgehead atoms. The fourth-order valence-electron chi connectivity index (χ4n) is 1.72. The molecule has 0 aliphatic heterocycles. The Labute approximate surface area is 116 Å². The Bertz CT molecular complexity index is 695. The molecular formula is C11H16N6O2S. The summed E-state index contributed by atoms with van der Waals surface area (Å²) in [5.41, 5.74) is 5.91. The zero-order chi connectivity index (χ0) is 14.8. The summed E-state index contributed by atoms with van der Waals surface area (Å²) in [6.07, 6.45) is 3.44.